The van der Waals surface area contributed by atoms with E-state index in [2.05, 4.69) is 12.2 Å². The lowest BCUT2D eigenvalue weighted by Crippen LogP contribution is -2.07. The van der Waals surface area contributed by atoms with Crippen molar-refractivity contribution in [3.63, 3.8) is 0 Å². The molecular weight excluding hydrogens is 124 g/mol. The number of hydrogen-bond acceptors (Lipinski definition) is 1. The number of carbonyl (C=O) groups excluding carboxylic acids is 1. The summed E-state index contributed by atoms with van der Waals surface area (Å²) in [5.74, 6) is 1.79. The van der Waals surface area contributed by atoms with Crippen molar-refractivity contribution in [1.82, 2.24) is 0 Å². The number of carbonyl (C=O) groups is 1. The molecule has 10 heavy (non-hydrogen) atoms. The van der Waals surface area contributed by atoms with Crippen molar-refractivity contribution >= 4 is 5.78 Å². The van der Waals surface area contributed by atoms with Crippen molar-refractivity contribution < 1.29 is 4.79 Å². The summed E-state index contributed by atoms with van der Waals surface area (Å²) in [6.45, 7) is 0. The fourth-order valence-electron chi connectivity index (χ4n) is 2.08. The number of ketones is 1. The average molecular weight is 136 g/mol. The van der Waals surface area contributed by atoms with Crippen molar-refractivity contribution in [2.45, 2.75) is 25.7 Å². The minimum absolute atomic E-state index is 0.474. The van der Waals surface area contributed by atoms with Gasteiger partial charge in [0.1, 0.15) is 5.78 Å². The van der Waals surface area contributed by atoms with Crippen molar-refractivity contribution in [2.24, 2.45) is 11.8 Å². The van der Waals surface area contributed by atoms with Gasteiger partial charge in [-0.1, -0.05) is 12.2 Å². The SMILES string of the molecule is O=C1C[C@H]2CCC=C[C@@H]2C1. The zero-order chi connectivity index (χ0) is 6.97. The summed E-state index contributed by atoms with van der Waals surface area (Å²) in [6, 6.07) is 0. The molecule has 0 aromatic rings. The predicted octanol–water partition coefficient (Wildman–Crippen LogP) is 1.93. The fraction of sp³-hybridized carbons (Fsp3) is 0.667. The highest BCUT2D eigenvalue weighted by atomic mass is 16.1. The number of hydrogen-bond donors (Lipinski definition) is 0. The van der Waals surface area contributed by atoms with Crippen LogP contribution in [-0.2, 0) is 4.79 Å². The smallest absolute Gasteiger partial charge is 0.133 e. The Kier molecular flexibility index (Phi) is 1.37. The first kappa shape index (κ1) is 6.14. The molecule has 0 amide bonds. The van der Waals surface area contributed by atoms with Gasteiger partial charge >= 0.3 is 0 Å². The summed E-state index contributed by atoms with van der Waals surface area (Å²) >= 11 is 0. The van der Waals surface area contributed by atoms with Crippen molar-refractivity contribution in [2.75, 3.05) is 0 Å². The van der Waals surface area contributed by atoms with Gasteiger partial charge in [-0.2, -0.15) is 0 Å². The number of fused-ring (bicyclic) bond motifs is 1. The Morgan fingerprint density at radius 3 is 3.10 bits per heavy atom. The van der Waals surface area contributed by atoms with Gasteiger partial charge in [0.05, 0.1) is 0 Å². The van der Waals surface area contributed by atoms with Crippen LogP contribution in [0.15, 0.2) is 12.2 Å². The van der Waals surface area contributed by atoms with Crippen LogP contribution in [0.2, 0.25) is 0 Å². The zero-order valence-electron chi connectivity index (χ0n) is 6.05. The van der Waals surface area contributed by atoms with Crippen LogP contribution in [-0.4, -0.2) is 5.78 Å². The van der Waals surface area contributed by atoms with Crippen LogP contribution in [0.1, 0.15) is 25.7 Å². The first-order chi connectivity index (χ1) is 4.86. The number of Topliss-reactive ketones (excluding diaryl/α,β-unsaturated/α-hetero) is 1. The third-order valence-corrected chi connectivity index (χ3v) is 2.65. The highest BCUT2D eigenvalue weighted by Crippen LogP contribution is 2.36. The Balaban J connectivity index is 2.15. The van der Waals surface area contributed by atoms with Crippen LogP contribution in [0.25, 0.3) is 0 Å². The van der Waals surface area contributed by atoms with E-state index in [1.165, 1.54) is 12.8 Å². The van der Waals surface area contributed by atoms with E-state index in [4.69, 9.17) is 0 Å². The predicted molar refractivity (Wildman–Crippen MR) is 39.6 cm³/mol. The molecular formula is C9H12O. The molecule has 0 heterocycles. The maximum Gasteiger partial charge on any atom is 0.133 e. The minimum Gasteiger partial charge on any atom is -0.300 e. The van der Waals surface area contributed by atoms with Gasteiger partial charge in [-0.15, -0.1) is 0 Å². The molecule has 1 saturated carbocycles. The highest BCUT2D eigenvalue weighted by molar-refractivity contribution is 5.81. The molecule has 0 N–H and O–H groups in total. The first-order valence-corrected chi connectivity index (χ1v) is 4.04. The Morgan fingerprint density at radius 1 is 1.40 bits per heavy atom. The van der Waals surface area contributed by atoms with Crippen molar-refractivity contribution in [3.8, 4) is 0 Å². The highest BCUT2D eigenvalue weighted by Gasteiger charge is 2.31. The standard InChI is InChI=1S/C9H12O/c10-9-5-7-3-1-2-4-8(7)6-9/h1,3,7-8H,2,4-6H2/t7-,8-/m1/s1. The van der Waals surface area contributed by atoms with E-state index >= 15 is 0 Å². The molecule has 0 saturated heterocycles. The maximum absolute atomic E-state index is 11.0. The third-order valence-electron chi connectivity index (χ3n) is 2.65. The molecule has 0 spiro atoms. The molecule has 1 heteroatoms. The second kappa shape index (κ2) is 2.22. The lowest BCUT2D eigenvalue weighted by molar-refractivity contribution is -0.117. The van der Waals surface area contributed by atoms with E-state index in [0.29, 0.717) is 17.6 Å². The second-order valence-corrected chi connectivity index (χ2v) is 3.38. The molecule has 0 bridgehead atoms. The molecule has 0 unspecified atom stereocenters. The quantitative estimate of drug-likeness (QED) is 0.465. The fourth-order valence-corrected chi connectivity index (χ4v) is 2.08. The third kappa shape index (κ3) is 0.898. The van der Waals surface area contributed by atoms with Gasteiger partial charge in [-0.3, -0.25) is 4.79 Å². The van der Waals surface area contributed by atoms with Crippen LogP contribution in [0.5, 0.6) is 0 Å². The van der Waals surface area contributed by atoms with Crippen LogP contribution in [0.3, 0.4) is 0 Å². The van der Waals surface area contributed by atoms with Crippen LogP contribution in [0.4, 0.5) is 0 Å². The monoisotopic (exact) mass is 136 g/mol. The molecule has 1 nitrogen and oxygen atoms in total. The van der Waals surface area contributed by atoms with E-state index in [9.17, 15) is 4.79 Å². The van der Waals surface area contributed by atoms with Gasteiger partial charge in [-0.25, -0.2) is 0 Å². The van der Waals surface area contributed by atoms with Gasteiger partial charge in [0.2, 0.25) is 0 Å². The van der Waals surface area contributed by atoms with Crippen molar-refractivity contribution in [3.05, 3.63) is 12.2 Å². The van der Waals surface area contributed by atoms with E-state index in [1.807, 2.05) is 0 Å². The Bertz CT molecular complexity index is 181. The second-order valence-electron chi connectivity index (χ2n) is 3.38. The molecule has 1 fully saturated rings. The van der Waals surface area contributed by atoms with Gasteiger partial charge in [-0.05, 0) is 24.7 Å². The first-order valence-electron chi connectivity index (χ1n) is 4.04. The van der Waals surface area contributed by atoms with Gasteiger partial charge < -0.3 is 0 Å². The molecule has 2 atom stereocenters. The Labute approximate surface area is 61.1 Å². The maximum atomic E-state index is 11.0. The molecule has 2 aliphatic rings. The molecule has 0 aromatic heterocycles. The molecule has 54 valence electrons. The van der Waals surface area contributed by atoms with E-state index in [-0.39, 0.29) is 0 Å². The molecule has 0 aliphatic heterocycles. The van der Waals surface area contributed by atoms with E-state index in [1.54, 1.807) is 0 Å². The normalized spacial score (nSPS) is 38.2. The molecule has 0 aromatic carbocycles. The summed E-state index contributed by atoms with van der Waals surface area (Å²) in [6.07, 6.45) is 8.57. The van der Waals surface area contributed by atoms with Gasteiger partial charge in [0, 0.05) is 12.8 Å². The topological polar surface area (TPSA) is 17.1 Å². The van der Waals surface area contributed by atoms with Crippen molar-refractivity contribution in [1.29, 1.82) is 0 Å². The lowest BCUT2D eigenvalue weighted by Gasteiger charge is -2.17. The van der Waals surface area contributed by atoms with Gasteiger partial charge in [0.15, 0.2) is 0 Å². The molecule has 2 rings (SSSR count). The average Bonchev–Trinajstić information content (AvgIpc) is 2.27. The summed E-state index contributed by atoms with van der Waals surface area (Å²) in [5.41, 5.74) is 0. The lowest BCUT2D eigenvalue weighted by atomic mass is 9.87. The zero-order valence-corrected chi connectivity index (χ0v) is 6.05. The molecule has 2 aliphatic carbocycles. The summed E-state index contributed by atoms with van der Waals surface area (Å²) < 4.78 is 0. The summed E-state index contributed by atoms with van der Waals surface area (Å²) in [7, 11) is 0. The van der Waals surface area contributed by atoms with E-state index < -0.39 is 0 Å². The Hall–Kier alpha value is -0.590. The van der Waals surface area contributed by atoms with Crippen LogP contribution >= 0.6 is 0 Å². The number of allylic oxidation sites excluding steroid dienone is 2. The van der Waals surface area contributed by atoms with Gasteiger partial charge in [0.25, 0.3) is 0 Å². The summed E-state index contributed by atoms with van der Waals surface area (Å²) in [4.78, 5) is 11.0. The largest absolute Gasteiger partial charge is 0.300 e. The minimum atomic E-state index is 0.474. The van der Waals surface area contributed by atoms with Crippen LogP contribution < -0.4 is 0 Å². The summed E-state index contributed by atoms with van der Waals surface area (Å²) in [5, 5.41) is 0. The van der Waals surface area contributed by atoms with E-state index in [0.717, 1.165) is 12.8 Å². The van der Waals surface area contributed by atoms with Crippen LogP contribution in [0, 0.1) is 11.8 Å². The molecule has 0 radical (unpaired) electrons. The number of rotatable bonds is 0. The Morgan fingerprint density at radius 2 is 2.30 bits per heavy atom.